The molecule has 0 aliphatic carbocycles. The van der Waals surface area contributed by atoms with E-state index in [1.54, 1.807) is 6.92 Å². The molecule has 0 spiro atoms. The van der Waals surface area contributed by atoms with Crippen LogP contribution in [-0.2, 0) is 6.42 Å². The summed E-state index contributed by atoms with van der Waals surface area (Å²) in [6, 6.07) is 0. The average molecular weight is 163 g/mol. The summed E-state index contributed by atoms with van der Waals surface area (Å²) in [6.45, 7) is 1.81. The lowest BCUT2D eigenvalue weighted by molar-refractivity contribution is 0.150. The maximum atomic E-state index is 11.7. The summed E-state index contributed by atoms with van der Waals surface area (Å²) in [5.41, 5.74) is 0. The van der Waals surface area contributed by atoms with Crippen LogP contribution >= 0.6 is 11.3 Å². The molecule has 0 bridgehead atoms. The van der Waals surface area contributed by atoms with E-state index in [1.807, 2.05) is 0 Å². The third-order valence-electron chi connectivity index (χ3n) is 1.02. The van der Waals surface area contributed by atoms with E-state index in [0.717, 1.165) is 5.01 Å². The van der Waals surface area contributed by atoms with Gasteiger partial charge in [0.25, 0.3) is 0 Å². The Labute approximate surface area is 61.7 Å². The number of rotatable bonds is 2. The van der Waals surface area contributed by atoms with Gasteiger partial charge in [-0.1, -0.05) is 0 Å². The Morgan fingerprint density at radius 1 is 1.70 bits per heavy atom. The first kappa shape index (κ1) is 7.60. The zero-order valence-corrected chi connectivity index (χ0v) is 6.29. The number of alkyl halides is 2. The van der Waals surface area contributed by atoms with E-state index >= 15 is 0 Å². The molecule has 0 unspecified atom stereocenters. The van der Waals surface area contributed by atoms with E-state index in [0.29, 0.717) is 4.88 Å². The minimum Gasteiger partial charge on any atom is -0.250 e. The van der Waals surface area contributed by atoms with Gasteiger partial charge >= 0.3 is 0 Å². The molecule has 0 atom stereocenters. The van der Waals surface area contributed by atoms with Crippen molar-refractivity contribution in [1.82, 2.24) is 4.98 Å². The number of hydrogen-bond acceptors (Lipinski definition) is 2. The summed E-state index contributed by atoms with van der Waals surface area (Å²) >= 11 is 1.32. The van der Waals surface area contributed by atoms with Crippen LogP contribution in [-0.4, -0.2) is 11.4 Å². The van der Waals surface area contributed by atoms with Gasteiger partial charge in [0.2, 0.25) is 6.43 Å². The minimum absolute atomic E-state index is 0.161. The molecule has 0 saturated heterocycles. The fourth-order valence-corrected chi connectivity index (χ4v) is 1.45. The van der Waals surface area contributed by atoms with Crippen LogP contribution in [0.5, 0.6) is 0 Å². The van der Waals surface area contributed by atoms with Gasteiger partial charge in [-0.05, 0) is 6.92 Å². The average Bonchev–Trinajstić information content (AvgIpc) is 2.13. The second-order valence-corrected chi connectivity index (χ2v) is 3.26. The molecule has 1 rings (SSSR count). The lowest BCUT2D eigenvalue weighted by atomic mass is 10.4. The number of aryl methyl sites for hydroxylation is 1. The summed E-state index contributed by atoms with van der Waals surface area (Å²) in [6.07, 6.45) is -0.905. The van der Waals surface area contributed by atoms with Crippen molar-refractivity contribution in [3.8, 4) is 0 Å². The topological polar surface area (TPSA) is 12.9 Å². The second-order valence-electron chi connectivity index (χ2n) is 1.94. The number of aromatic nitrogens is 1. The van der Waals surface area contributed by atoms with Gasteiger partial charge in [0.05, 0.1) is 5.01 Å². The molecule has 56 valence electrons. The summed E-state index contributed by atoms with van der Waals surface area (Å²) in [7, 11) is 0. The zero-order chi connectivity index (χ0) is 7.56. The Hall–Kier alpha value is -0.510. The van der Waals surface area contributed by atoms with Crippen LogP contribution in [0.2, 0.25) is 0 Å². The minimum atomic E-state index is -2.25. The fraction of sp³-hybridized carbons (Fsp3) is 0.500. The molecule has 0 fully saturated rings. The summed E-state index contributed by atoms with van der Waals surface area (Å²) < 4.78 is 23.4. The molecule has 0 N–H and O–H groups in total. The number of nitrogens with zero attached hydrogens (tertiary/aromatic N) is 1. The van der Waals surface area contributed by atoms with E-state index in [1.165, 1.54) is 17.5 Å². The van der Waals surface area contributed by atoms with Gasteiger partial charge in [-0.2, -0.15) is 0 Å². The quantitative estimate of drug-likeness (QED) is 0.651. The van der Waals surface area contributed by atoms with Crippen molar-refractivity contribution < 1.29 is 8.78 Å². The number of halogens is 2. The molecule has 1 heterocycles. The molecule has 1 aromatic heterocycles. The number of hydrogen-bond donors (Lipinski definition) is 0. The van der Waals surface area contributed by atoms with Crippen molar-refractivity contribution in [2.24, 2.45) is 0 Å². The molecule has 0 aliphatic rings. The molecular formula is C6H7F2NS. The Morgan fingerprint density at radius 2 is 2.40 bits per heavy atom. The monoisotopic (exact) mass is 163 g/mol. The molecule has 0 amide bonds. The zero-order valence-electron chi connectivity index (χ0n) is 5.47. The van der Waals surface area contributed by atoms with Gasteiger partial charge in [0.1, 0.15) is 0 Å². The summed E-state index contributed by atoms with van der Waals surface area (Å²) in [4.78, 5) is 4.51. The maximum Gasteiger partial charge on any atom is 0.243 e. The SMILES string of the molecule is Cc1ncc(CC(F)F)s1. The van der Waals surface area contributed by atoms with Crippen LogP contribution in [0.3, 0.4) is 0 Å². The Morgan fingerprint density at radius 3 is 2.80 bits per heavy atom. The van der Waals surface area contributed by atoms with Crippen LogP contribution in [0.1, 0.15) is 9.88 Å². The van der Waals surface area contributed by atoms with Crippen molar-refractivity contribution in [2.45, 2.75) is 19.8 Å². The van der Waals surface area contributed by atoms with Crippen molar-refractivity contribution in [1.29, 1.82) is 0 Å². The Kier molecular flexibility index (Phi) is 2.32. The standard InChI is InChI=1S/C6H7F2NS/c1-4-9-3-5(10-4)2-6(7)8/h3,6H,2H2,1H3. The van der Waals surface area contributed by atoms with Crippen molar-refractivity contribution >= 4 is 11.3 Å². The summed E-state index contributed by atoms with van der Waals surface area (Å²) in [5, 5.41) is 0.843. The lowest BCUT2D eigenvalue weighted by Gasteiger charge is -1.91. The first-order valence-corrected chi connectivity index (χ1v) is 3.69. The highest BCUT2D eigenvalue weighted by Crippen LogP contribution is 2.14. The van der Waals surface area contributed by atoms with Crippen LogP contribution in [0.4, 0.5) is 8.78 Å². The Balaban J connectivity index is 2.58. The van der Waals surface area contributed by atoms with Crippen molar-refractivity contribution in [3.05, 3.63) is 16.1 Å². The smallest absolute Gasteiger partial charge is 0.243 e. The third kappa shape index (κ3) is 2.02. The molecule has 0 aliphatic heterocycles. The van der Waals surface area contributed by atoms with Crippen LogP contribution < -0.4 is 0 Å². The van der Waals surface area contributed by atoms with E-state index in [4.69, 9.17) is 0 Å². The van der Waals surface area contributed by atoms with Crippen LogP contribution in [0, 0.1) is 6.92 Å². The van der Waals surface area contributed by atoms with Crippen LogP contribution in [0.25, 0.3) is 0 Å². The highest BCUT2D eigenvalue weighted by molar-refractivity contribution is 7.11. The summed E-state index contributed by atoms with van der Waals surface area (Å²) in [5.74, 6) is 0. The Bertz CT molecular complexity index is 209. The van der Waals surface area contributed by atoms with E-state index < -0.39 is 6.43 Å². The molecular weight excluding hydrogens is 156 g/mol. The van der Waals surface area contributed by atoms with Gasteiger partial charge in [0.15, 0.2) is 0 Å². The molecule has 4 heteroatoms. The number of thiazole rings is 1. The molecule has 0 radical (unpaired) electrons. The highest BCUT2D eigenvalue weighted by Gasteiger charge is 2.05. The molecule has 0 aromatic carbocycles. The highest BCUT2D eigenvalue weighted by atomic mass is 32.1. The van der Waals surface area contributed by atoms with Gasteiger partial charge in [-0.15, -0.1) is 11.3 Å². The first-order chi connectivity index (χ1) is 4.68. The van der Waals surface area contributed by atoms with E-state index in [9.17, 15) is 8.78 Å². The maximum absolute atomic E-state index is 11.7. The van der Waals surface area contributed by atoms with Gasteiger partial charge in [-0.25, -0.2) is 13.8 Å². The molecule has 1 aromatic rings. The fourth-order valence-electron chi connectivity index (χ4n) is 0.652. The lowest BCUT2D eigenvalue weighted by Crippen LogP contribution is -1.92. The first-order valence-electron chi connectivity index (χ1n) is 2.88. The predicted molar refractivity (Wildman–Crippen MR) is 36.6 cm³/mol. The van der Waals surface area contributed by atoms with Gasteiger partial charge in [0, 0.05) is 17.5 Å². The van der Waals surface area contributed by atoms with Crippen LogP contribution in [0.15, 0.2) is 6.20 Å². The molecule has 1 nitrogen and oxygen atoms in total. The van der Waals surface area contributed by atoms with Gasteiger partial charge in [-0.3, -0.25) is 0 Å². The van der Waals surface area contributed by atoms with E-state index in [2.05, 4.69) is 4.98 Å². The van der Waals surface area contributed by atoms with Crippen molar-refractivity contribution in [3.63, 3.8) is 0 Å². The van der Waals surface area contributed by atoms with Gasteiger partial charge < -0.3 is 0 Å². The molecule has 10 heavy (non-hydrogen) atoms. The second kappa shape index (κ2) is 3.05. The molecule has 0 saturated carbocycles. The third-order valence-corrected chi connectivity index (χ3v) is 1.96. The normalized spacial score (nSPS) is 10.8. The predicted octanol–water partition coefficient (Wildman–Crippen LogP) is 2.26. The largest absolute Gasteiger partial charge is 0.250 e. The van der Waals surface area contributed by atoms with E-state index in [-0.39, 0.29) is 6.42 Å². The van der Waals surface area contributed by atoms with Crippen molar-refractivity contribution in [2.75, 3.05) is 0 Å².